The molecule has 2 rings (SSSR count). The minimum Gasteiger partial charge on any atom is -0.493 e. The Labute approximate surface area is 149 Å². The third-order valence-electron chi connectivity index (χ3n) is 3.52. The summed E-state index contributed by atoms with van der Waals surface area (Å²) in [7, 11) is -1.98. The van der Waals surface area contributed by atoms with Gasteiger partial charge in [0.05, 0.1) is 13.7 Å². The first-order chi connectivity index (χ1) is 11.9. The molecule has 6 heteroatoms. The van der Waals surface area contributed by atoms with Gasteiger partial charge in [0.2, 0.25) is 10.0 Å². The fraction of sp³-hybridized carbons (Fsp3) is 0.263. The highest BCUT2D eigenvalue weighted by molar-refractivity contribution is 7.92. The molecule has 0 aliphatic rings. The Morgan fingerprint density at radius 3 is 2.44 bits per heavy atom. The predicted octanol–water partition coefficient (Wildman–Crippen LogP) is 3.49. The van der Waals surface area contributed by atoms with E-state index in [0.717, 1.165) is 16.7 Å². The van der Waals surface area contributed by atoms with Crippen molar-refractivity contribution in [2.45, 2.75) is 20.4 Å². The number of ether oxygens (including phenoxy) is 2. The molecule has 0 unspecified atom stereocenters. The second kappa shape index (κ2) is 8.69. The molecule has 2 aromatic carbocycles. The van der Waals surface area contributed by atoms with Crippen molar-refractivity contribution in [3.8, 4) is 11.5 Å². The van der Waals surface area contributed by atoms with Gasteiger partial charge in [-0.25, -0.2) is 13.1 Å². The fourth-order valence-electron chi connectivity index (χ4n) is 2.17. The van der Waals surface area contributed by atoms with Gasteiger partial charge >= 0.3 is 0 Å². The van der Waals surface area contributed by atoms with Crippen LogP contribution in [0.2, 0.25) is 0 Å². The van der Waals surface area contributed by atoms with Gasteiger partial charge in [-0.05, 0) is 43.2 Å². The molecule has 2 aromatic rings. The Morgan fingerprint density at radius 1 is 1.08 bits per heavy atom. The van der Waals surface area contributed by atoms with Crippen molar-refractivity contribution in [2.24, 2.45) is 0 Å². The van der Waals surface area contributed by atoms with E-state index in [-0.39, 0.29) is 6.54 Å². The van der Waals surface area contributed by atoms with Crippen LogP contribution in [-0.4, -0.2) is 22.1 Å². The monoisotopic (exact) mass is 361 g/mol. The lowest BCUT2D eigenvalue weighted by atomic mass is 10.2. The molecular weight excluding hydrogens is 338 g/mol. The van der Waals surface area contributed by atoms with Crippen molar-refractivity contribution in [3.05, 3.63) is 64.6 Å². The van der Waals surface area contributed by atoms with Crippen LogP contribution < -0.4 is 14.2 Å². The summed E-state index contributed by atoms with van der Waals surface area (Å²) in [5.74, 6) is 1.21. The van der Waals surface area contributed by atoms with Crippen LogP contribution in [0.4, 0.5) is 0 Å². The van der Waals surface area contributed by atoms with Gasteiger partial charge in [0, 0.05) is 12.0 Å². The van der Waals surface area contributed by atoms with Gasteiger partial charge in [-0.15, -0.1) is 0 Å². The summed E-state index contributed by atoms with van der Waals surface area (Å²) in [6.45, 7) is 4.58. The number of methoxy groups -OCH3 is 1. The summed E-state index contributed by atoms with van der Waals surface area (Å²) >= 11 is 0. The summed E-state index contributed by atoms with van der Waals surface area (Å²) in [6.07, 6.45) is 1.57. The maximum atomic E-state index is 12.1. The topological polar surface area (TPSA) is 64.6 Å². The third-order valence-corrected chi connectivity index (χ3v) is 4.56. The normalized spacial score (nSPS) is 11.6. The molecule has 0 bridgehead atoms. The summed E-state index contributed by atoms with van der Waals surface area (Å²) in [5, 5.41) is 1.17. The molecule has 1 N–H and O–H groups in total. The van der Waals surface area contributed by atoms with Crippen LogP contribution in [0.1, 0.15) is 23.6 Å². The number of aryl methyl sites for hydroxylation is 1. The van der Waals surface area contributed by atoms with Gasteiger partial charge in [-0.1, -0.05) is 35.9 Å². The van der Waals surface area contributed by atoms with E-state index < -0.39 is 10.0 Å². The van der Waals surface area contributed by atoms with Gasteiger partial charge in [-0.3, -0.25) is 0 Å². The highest BCUT2D eigenvalue weighted by Gasteiger charge is 2.08. The van der Waals surface area contributed by atoms with E-state index in [0.29, 0.717) is 18.1 Å². The summed E-state index contributed by atoms with van der Waals surface area (Å²) in [5.41, 5.74) is 2.74. The largest absolute Gasteiger partial charge is 0.493 e. The van der Waals surface area contributed by atoms with Crippen LogP contribution in [0.3, 0.4) is 0 Å². The first-order valence-electron chi connectivity index (χ1n) is 7.97. The van der Waals surface area contributed by atoms with Crippen LogP contribution in [0, 0.1) is 6.92 Å². The molecule has 0 aliphatic carbocycles. The number of rotatable bonds is 8. The van der Waals surface area contributed by atoms with Crippen LogP contribution in [0.15, 0.2) is 47.9 Å². The van der Waals surface area contributed by atoms with Gasteiger partial charge in [0.25, 0.3) is 0 Å². The number of hydrogen-bond donors (Lipinski definition) is 1. The number of sulfonamides is 1. The van der Waals surface area contributed by atoms with Gasteiger partial charge in [0.15, 0.2) is 11.5 Å². The van der Waals surface area contributed by atoms with Gasteiger partial charge in [-0.2, -0.15) is 0 Å². The number of nitrogens with one attached hydrogen (secondary N) is 1. The van der Waals surface area contributed by atoms with Crippen molar-refractivity contribution >= 4 is 16.1 Å². The number of hydrogen-bond acceptors (Lipinski definition) is 4. The summed E-state index contributed by atoms with van der Waals surface area (Å²) in [6, 6.07) is 13.0. The average Bonchev–Trinajstić information content (AvgIpc) is 2.61. The minimum absolute atomic E-state index is 0.170. The van der Waals surface area contributed by atoms with Crippen molar-refractivity contribution < 1.29 is 17.9 Å². The fourth-order valence-corrected chi connectivity index (χ4v) is 2.97. The van der Waals surface area contributed by atoms with E-state index in [4.69, 9.17) is 9.47 Å². The second-order valence-electron chi connectivity index (χ2n) is 5.50. The van der Waals surface area contributed by atoms with Crippen LogP contribution >= 0.6 is 0 Å². The van der Waals surface area contributed by atoms with Crippen molar-refractivity contribution in [2.75, 3.05) is 13.7 Å². The highest BCUT2D eigenvalue weighted by atomic mass is 32.2. The van der Waals surface area contributed by atoms with E-state index in [9.17, 15) is 8.42 Å². The summed E-state index contributed by atoms with van der Waals surface area (Å²) < 4.78 is 37.5. The molecular formula is C19H23NO4S. The smallest absolute Gasteiger partial charge is 0.234 e. The predicted molar refractivity (Wildman–Crippen MR) is 100 cm³/mol. The highest BCUT2D eigenvalue weighted by Crippen LogP contribution is 2.28. The molecule has 0 atom stereocenters. The standard InChI is InChI=1S/C19H23NO4S/c1-4-24-18-10-9-17(13-19(18)23-3)14-20-25(21,22)12-11-16-7-5-15(2)6-8-16/h5-13,20H,4,14H2,1-3H3/b12-11+. The lowest BCUT2D eigenvalue weighted by molar-refractivity contribution is 0.310. The maximum Gasteiger partial charge on any atom is 0.234 e. The van der Waals surface area contributed by atoms with Crippen LogP contribution in [-0.2, 0) is 16.6 Å². The Morgan fingerprint density at radius 2 is 1.80 bits per heavy atom. The molecule has 134 valence electrons. The van der Waals surface area contributed by atoms with E-state index >= 15 is 0 Å². The quantitative estimate of drug-likeness (QED) is 0.782. The molecule has 0 aliphatic heterocycles. The number of benzene rings is 2. The zero-order chi connectivity index (χ0) is 18.3. The molecule has 0 heterocycles. The molecule has 0 radical (unpaired) electrons. The minimum atomic E-state index is -3.53. The molecule has 0 aromatic heterocycles. The molecule has 0 spiro atoms. The molecule has 0 amide bonds. The molecule has 5 nitrogen and oxygen atoms in total. The van der Waals surface area contributed by atoms with Gasteiger partial charge in [0.1, 0.15) is 0 Å². The first kappa shape index (κ1) is 19.0. The van der Waals surface area contributed by atoms with Crippen molar-refractivity contribution in [1.29, 1.82) is 0 Å². The van der Waals surface area contributed by atoms with E-state index in [1.165, 1.54) is 5.41 Å². The Hall–Kier alpha value is -2.31. The van der Waals surface area contributed by atoms with E-state index in [1.54, 1.807) is 31.4 Å². The van der Waals surface area contributed by atoms with Crippen LogP contribution in [0.25, 0.3) is 6.08 Å². The van der Waals surface area contributed by atoms with Crippen molar-refractivity contribution in [1.82, 2.24) is 4.72 Å². The molecule has 0 fully saturated rings. The Kier molecular flexibility index (Phi) is 6.61. The van der Waals surface area contributed by atoms with E-state index in [1.807, 2.05) is 38.1 Å². The lowest BCUT2D eigenvalue weighted by Crippen LogP contribution is -2.20. The zero-order valence-corrected chi connectivity index (χ0v) is 15.5. The Bertz CT molecular complexity index is 827. The van der Waals surface area contributed by atoms with Crippen LogP contribution in [0.5, 0.6) is 11.5 Å². The first-order valence-corrected chi connectivity index (χ1v) is 9.52. The van der Waals surface area contributed by atoms with E-state index in [2.05, 4.69) is 4.72 Å². The third kappa shape index (κ3) is 5.92. The second-order valence-corrected chi connectivity index (χ2v) is 7.15. The lowest BCUT2D eigenvalue weighted by Gasteiger charge is -2.11. The Balaban J connectivity index is 2.02. The zero-order valence-electron chi connectivity index (χ0n) is 14.7. The molecule has 25 heavy (non-hydrogen) atoms. The average molecular weight is 361 g/mol. The van der Waals surface area contributed by atoms with Crippen molar-refractivity contribution in [3.63, 3.8) is 0 Å². The van der Waals surface area contributed by atoms with Gasteiger partial charge < -0.3 is 9.47 Å². The summed E-state index contributed by atoms with van der Waals surface area (Å²) in [4.78, 5) is 0. The molecule has 0 saturated heterocycles. The maximum absolute atomic E-state index is 12.1. The SMILES string of the molecule is CCOc1ccc(CNS(=O)(=O)/C=C/c2ccc(C)cc2)cc1OC. The molecule has 0 saturated carbocycles.